The van der Waals surface area contributed by atoms with E-state index in [9.17, 15) is 4.79 Å². The summed E-state index contributed by atoms with van der Waals surface area (Å²) in [7, 11) is 3.16. The molecule has 1 aromatic rings. The van der Waals surface area contributed by atoms with Crippen LogP contribution in [0.2, 0.25) is 0 Å². The molecule has 0 aromatic heterocycles. The van der Waals surface area contributed by atoms with Gasteiger partial charge in [-0.15, -0.1) is 0 Å². The van der Waals surface area contributed by atoms with Gasteiger partial charge < -0.3 is 20.1 Å². The van der Waals surface area contributed by atoms with E-state index in [2.05, 4.69) is 38.0 Å². The Morgan fingerprint density at radius 3 is 2.00 bits per heavy atom. The molecule has 0 aliphatic carbocycles. The smallest absolute Gasteiger partial charge is 0.253 e. The summed E-state index contributed by atoms with van der Waals surface area (Å²) in [6.07, 6.45) is -0.637. The van der Waals surface area contributed by atoms with Crippen LogP contribution >= 0.6 is 0 Å². The molecule has 0 bridgehead atoms. The SMILES string of the molecule is C=C(Nc1cccc(NC(=O)[C@H](C)OC)c1C(C)(C)C)[C@H](C)OC. The minimum Gasteiger partial charge on any atom is -0.376 e. The van der Waals surface area contributed by atoms with Gasteiger partial charge in [-0.2, -0.15) is 0 Å². The molecule has 0 unspecified atom stereocenters. The van der Waals surface area contributed by atoms with E-state index in [0.717, 1.165) is 22.6 Å². The van der Waals surface area contributed by atoms with Gasteiger partial charge in [0.15, 0.2) is 0 Å². The van der Waals surface area contributed by atoms with Crippen LogP contribution in [0.5, 0.6) is 0 Å². The Kier molecular flexibility index (Phi) is 6.99. The molecule has 0 aliphatic rings. The summed E-state index contributed by atoms with van der Waals surface area (Å²) < 4.78 is 10.4. The van der Waals surface area contributed by atoms with Crippen LogP contribution in [-0.2, 0) is 19.7 Å². The van der Waals surface area contributed by atoms with Gasteiger partial charge in [0, 0.05) is 36.9 Å². The van der Waals surface area contributed by atoms with E-state index in [1.165, 1.54) is 7.11 Å². The molecule has 2 atom stereocenters. The fraction of sp³-hybridized carbons (Fsp3) is 0.526. The number of amides is 1. The first kappa shape index (κ1) is 20.2. The topological polar surface area (TPSA) is 59.6 Å². The summed E-state index contributed by atoms with van der Waals surface area (Å²) in [5.74, 6) is -0.177. The summed E-state index contributed by atoms with van der Waals surface area (Å²) in [6, 6.07) is 5.77. The van der Waals surface area contributed by atoms with Crippen LogP contribution < -0.4 is 10.6 Å². The lowest BCUT2D eigenvalue weighted by Gasteiger charge is -2.28. The van der Waals surface area contributed by atoms with Crippen LogP contribution in [0.25, 0.3) is 0 Å². The predicted molar refractivity (Wildman–Crippen MR) is 99.5 cm³/mol. The summed E-state index contributed by atoms with van der Waals surface area (Å²) in [4.78, 5) is 12.2. The van der Waals surface area contributed by atoms with Crippen molar-refractivity contribution in [3.8, 4) is 0 Å². The van der Waals surface area contributed by atoms with Crippen molar-refractivity contribution in [2.45, 2.75) is 52.2 Å². The molecule has 0 spiro atoms. The average molecular weight is 334 g/mol. The molecular weight excluding hydrogens is 304 g/mol. The summed E-state index contributed by atoms with van der Waals surface area (Å²) >= 11 is 0. The molecule has 0 saturated carbocycles. The molecule has 0 radical (unpaired) electrons. The Balaban J connectivity index is 3.24. The molecular formula is C19H30N2O3. The summed E-state index contributed by atoms with van der Waals surface area (Å²) in [5.41, 5.74) is 3.25. The largest absolute Gasteiger partial charge is 0.376 e. The Hall–Kier alpha value is -1.85. The highest BCUT2D eigenvalue weighted by Crippen LogP contribution is 2.36. The van der Waals surface area contributed by atoms with E-state index >= 15 is 0 Å². The Labute approximate surface area is 145 Å². The van der Waals surface area contributed by atoms with Gasteiger partial charge in [-0.3, -0.25) is 4.79 Å². The zero-order valence-electron chi connectivity index (χ0n) is 15.8. The number of carbonyl (C=O) groups is 1. The fourth-order valence-corrected chi connectivity index (χ4v) is 2.33. The minimum absolute atomic E-state index is 0.121. The van der Waals surface area contributed by atoms with E-state index in [1.54, 1.807) is 14.0 Å². The molecule has 5 nitrogen and oxygen atoms in total. The first-order valence-electron chi connectivity index (χ1n) is 8.07. The first-order chi connectivity index (χ1) is 11.1. The third-order valence-corrected chi connectivity index (χ3v) is 3.93. The van der Waals surface area contributed by atoms with E-state index in [4.69, 9.17) is 9.47 Å². The number of hydrogen-bond acceptors (Lipinski definition) is 4. The van der Waals surface area contributed by atoms with Crippen molar-refractivity contribution < 1.29 is 14.3 Å². The maximum Gasteiger partial charge on any atom is 0.253 e. The Morgan fingerprint density at radius 2 is 1.54 bits per heavy atom. The highest BCUT2D eigenvalue weighted by Gasteiger charge is 2.24. The number of carbonyl (C=O) groups excluding carboxylic acids is 1. The molecule has 24 heavy (non-hydrogen) atoms. The normalized spacial score (nSPS) is 14.0. The van der Waals surface area contributed by atoms with Gasteiger partial charge in [0.1, 0.15) is 6.10 Å². The summed E-state index contributed by atoms with van der Waals surface area (Å²) in [6.45, 7) is 14.0. The second kappa shape index (κ2) is 8.31. The molecule has 0 saturated heterocycles. The van der Waals surface area contributed by atoms with Crippen molar-refractivity contribution in [1.29, 1.82) is 0 Å². The van der Waals surface area contributed by atoms with Gasteiger partial charge in [0.2, 0.25) is 0 Å². The summed E-state index contributed by atoms with van der Waals surface area (Å²) in [5, 5.41) is 6.28. The lowest BCUT2D eigenvalue weighted by molar-refractivity contribution is -0.124. The van der Waals surface area contributed by atoms with Crippen molar-refractivity contribution in [2.75, 3.05) is 24.9 Å². The highest BCUT2D eigenvalue weighted by atomic mass is 16.5. The van der Waals surface area contributed by atoms with Crippen LogP contribution in [0, 0.1) is 0 Å². The van der Waals surface area contributed by atoms with Crippen molar-refractivity contribution >= 4 is 17.3 Å². The zero-order chi connectivity index (χ0) is 18.5. The number of nitrogens with one attached hydrogen (secondary N) is 2. The average Bonchev–Trinajstić information content (AvgIpc) is 2.51. The number of rotatable bonds is 7. The van der Waals surface area contributed by atoms with Crippen LogP contribution in [-0.4, -0.2) is 32.3 Å². The van der Waals surface area contributed by atoms with Crippen LogP contribution in [0.4, 0.5) is 11.4 Å². The molecule has 1 rings (SSSR count). The quantitative estimate of drug-likeness (QED) is 0.793. The molecule has 5 heteroatoms. The maximum absolute atomic E-state index is 12.2. The molecule has 2 N–H and O–H groups in total. The third-order valence-electron chi connectivity index (χ3n) is 3.93. The van der Waals surface area contributed by atoms with Gasteiger partial charge >= 0.3 is 0 Å². The molecule has 0 aliphatic heterocycles. The molecule has 1 amide bonds. The van der Waals surface area contributed by atoms with Gasteiger partial charge in [0.05, 0.1) is 6.10 Å². The Morgan fingerprint density at radius 1 is 1.04 bits per heavy atom. The number of anilines is 2. The van der Waals surface area contributed by atoms with Crippen molar-refractivity contribution in [1.82, 2.24) is 0 Å². The number of hydrogen-bond donors (Lipinski definition) is 2. The van der Waals surface area contributed by atoms with Crippen LogP contribution in [0.1, 0.15) is 40.2 Å². The predicted octanol–water partition coefficient (Wildman–Crippen LogP) is 3.92. The Bertz CT molecular complexity index is 549. The molecule has 134 valence electrons. The van der Waals surface area contributed by atoms with Crippen LogP contribution in [0.15, 0.2) is 30.5 Å². The monoisotopic (exact) mass is 334 g/mol. The van der Waals surface area contributed by atoms with Gasteiger partial charge in [-0.1, -0.05) is 33.4 Å². The number of benzene rings is 1. The zero-order valence-corrected chi connectivity index (χ0v) is 15.8. The van der Waals surface area contributed by atoms with Gasteiger partial charge in [0.25, 0.3) is 5.91 Å². The molecule has 1 aromatic carbocycles. The lowest BCUT2D eigenvalue weighted by Crippen LogP contribution is -2.28. The van der Waals surface area contributed by atoms with E-state index in [-0.39, 0.29) is 17.4 Å². The van der Waals surface area contributed by atoms with Gasteiger partial charge in [-0.25, -0.2) is 0 Å². The third kappa shape index (κ3) is 5.08. The molecule has 0 fully saturated rings. The van der Waals surface area contributed by atoms with E-state index in [1.807, 2.05) is 25.1 Å². The van der Waals surface area contributed by atoms with Crippen molar-refractivity contribution in [3.05, 3.63) is 36.0 Å². The van der Waals surface area contributed by atoms with E-state index in [0.29, 0.717) is 0 Å². The van der Waals surface area contributed by atoms with Crippen LogP contribution in [0.3, 0.4) is 0 Å². The van der Waals surface area contributed by atoms with E-state index < -0.39 is 6.10 Å². The lowest BCUT2D eigenvalue weighted by atomic mass is 9.84. The molecule has 0 heterocycles. The highest BCUT2D eigenvalue weighted by molar-refractivity contribution is 5.95. The minimum atomic E-state index is -0.516. The first-order valence-corrected chi connectivity index (χ1v) is 8.07. The maximum atomic E-state index is 12.2. The fourth-order valence-electron chi connectivity index (χ4n) is 2.33. The van der Waals surface area contributed by atoms with Crippen molar-refractivity contribution in [2.24, 2.45) is 0 Å². The van der Waals surface area contributed by atoms with Crippen molar-refractivity contribution in [3.63, 3.8) is 0 Å². The standard InChI is InChI=1S/C19H30N2O3/c1-12(13(2)23-7)20-15-10-9-11-16(17(15)19(4,5)6)21-18(22)14(3)24-8/h9-11,13-14,20H,1H2,2-8H3,(H,21,22)/t13-,14-/m0/s1. The van der Waals surface area contributed by atoms with Gasteiger partial charge in [-0.05, 0) is 31.4 Å². The second-order valence-corrected chi connectivity index (χ2v) is 6.87. The second-order valence-electron chi connectivity index (χ2n) is 6.87. The number of ether oxygens (including phenoxy) is 2. The number of methoxy groups -OCH3 is 2.